The van der Waals surface area contributed by atoms with Crippen LogP contribution in [-0.2, 0) is 9.63 Å². The highest BCUT2D eigenvalue weighted by molar-refractivity contribution is 6.35. The maximum Gasteiger partial charge on any atom is 0.307 e. The maximum atomic E-state index is 13.7. The molecule has 5 nitrogen and oxygen atoms in total. The number of hydrogen-bond acceptors (Lipinski definition) is 4. The lowest BCUT2D eigenvalue weighted by atomic mass is 9.98. The zero-order valence-corrected chi connectivity index (χ0v) is 17.6. The molecule has 0 aliphatic carbocycles. The van der Waals surface area contributed by atoms with E-state index in [9.17, 15) is 18.7 Å². The molecule has 0 aromatic heterocycles. The Balaban J connectivity index is 0.00000320. The van der Waals surface area contributed by atoms with Gasteiger partial charge in [0.25, 0.3) is 0 Å². The molecule has 2 aromatic carbocycles. The summed E-state index contributed by atoms with van der Waals surface area (Å²) in [4.78, 5) is 18.6. The van der Waals surface area contributed by atoms with Gasteiger partial charge in [-0.25, -0.2) is 8.78 Å². The standard InChI is InChI=1S/C21H21ClF2N2O3.ClH/c22-19-12-17(24)6-7-18(19)20(14-3-1-5-16(23)11-14)25-29-10-9-26-8-2-4-15(13-26)21(27)28;/h1,3,5-7,11-12,15H,2,4,8-10,13H2,(H,27,28);1H/b25-20-;/t15-;/m1./s1. The fourth-order valence-electron chi connectivity index (χ4n) is 3.31. The molecular weight excluding hydrogens is 437 g/mol. The van der Waals surface area contributed by atoms with Crippen molar-refractivity contribution in [2.75, 3.05) is 26.2 Å². The number of hydrogen-bond donors (Lipinski definition) is 1. The van der Waals surface area contributed by atoms with Gasteiger partial charge in [-0.1, -0.05) is 28.9 Å². The number of piperidine rings is 1. The number of benzene rings is 2. The number of rotatable bonds is 7. The van der Waals surface area contributed by atoms with Crippen LogP contribution in [0.5, 0.6) is 0 Å². The maximum absolute atomic E-state index is 13.7. The minimum Gasteiger partial charge on any atom is -0.481 e. The molecule has 0 bridgehead atoms. The van der Waals surface area contributed by atoms with Gasteiger partial charge in [0.05, 0.1) is 10.9 Å². The van der Waals surface area contributed by atoms with E-state index in [4.69, 9.17) is 16.4 Å². The summed E-state index contributed by atoms with van der Waals surface area (Å²) in [7, 11) is 0. The first-order valence-corrected chi connectivity index (χ1v) is 9.68. The molecule has 0 saturated carbocycles. The summed E-state index contributed by atoms with van der Waals surface area (Å²) in [5.41, 5.74) is 1.15. The van der Waals surface area contributed by atoms with Crippen molar-refractivity contribution in [2.45, 2.75) is 12.8 Å². The van der Waals surface area contributed by atoms with Crippen LogP contribution in [0.4, 0.5) is 8.78 Å². The molecule has 162 valence electrons. The number of likely N-dealkylation sites (tertiary alicyclic amines) is 1. The number of halogens is 4. The summed E-state index contributed by atoms with van der Waals surface area (Å²) in [5.74, 6) is -2.08. The van der Waals surface area contributed by atoms with Crippen molar-refractivity contribution in [3.05, 3.63) is 70.2 Å². The first-order chi connectivity index (χ1) is 13.9. The second kappa shape index (κ2) is 11.2. The fourth-order valence-corrected chi connectivity index (χ4v) is 3.57. The van der Waals surface area contributed by atoms with E-state index in [0.717, 1.165) is 19.0 Å². The van der Waals surface area contributed by atoms with E-state index < -0.39 is 17.6 Å². The van der Waals surface area contributed by atoms with Crippen LogP contribution >= 0.6 is 24.0 Å². The van der Waals surface area contributed by atoms with Crippen molar-refractivity contribution in [1.82, 2.24) is 4.90 Å². The Labute approximate surface area is 184 Å². The van der Waals surface area contributed by atoms with Crippen molar-refractivity contribution in [3.8, 4) is 0 Å². The monoisotopic (exact) mass is 458 g/mol. The summed E-state index contributed by atoms with van der Waals surface area (Å²) in [6.07, 6.45) is 1.50. The normalized spacial score (nSPS) is 17.3. The second-order valence-electron chi connectivity index (χ2n) is 6.89. The van der Waals surface area contributed by atoms with Gasteiger partial charge in [-0.05, 0) is 49.7 Å². The molecule has 0 unspecified atom stereocenters. The van der Waals surface area contributed by atoms with Gasteiger partial charge in [-0.15, -0.1) is 12.4 Å². The van der Waals surface area contributed by atoms with Gasteiger partial charge in [-0.3, -0.25) is 9.69 Å². The Bertz CT molecular complexity index is 912. The van der Waals surface area contributed by atoms with E-state index in [1.54, 1.807) is 6.07 Å². The van der Waals surface area contributed by atoms with Crippen molar-refractivity contribution in [2.24, 2.45) is 11.1 Å². The third-order valence-electron chi connectivity index (χ3n) is 4.79. The van der Waals surface area contributed by atoms with Crippen molar-refractivity contribution < 1.29 is 23.5 Å². The summed E-state index contributed by atoms with van der Waals surface area (Å²) in [6, 6.07) is 9.67. The lowest BCUT2D eigenvalue weighted by molar-refractivity contribution is -0.143. The lowest BCUT2D eigenvalue weighted by Gasteiger charge is -2.29. The molecule has 2 aromatic rings. The van der Waals surface area contributed by atoms with Crippen LogP contribution in [0, 0.1) is 17.6 Å². The van der Waals surface area contributed by atoms with E-state index in [0.29, 0.717) is 30.6 Å². The molecule has 1 aliphatic heterocycles. The van der Waals surface area contributed by atoms with E-state index in [-0.39, 0.29) is 35.7 Å². The van der Waals surface area contributed by atoms with E-state index in [1.165, 1.54) is 30.3 Å². The van der Waals surface area contributed by atoms with E-state index in [2.05, 4.69) is 5.16 Å². The Morgan fingerprint density at radius 1 is 1.23 bits per heavy atom. The molecule has 1 saturated heterocycles. The van der Waals surface area contributed by atoms with Crippen molar-refractivity contribution in [3.63, 3.8) is 0 Å². The highest BCUT2D eigenvalue weighted by Gasteiger charge is 2.25. The number of oxime groups is 1. The Kier molecular flexibility index (Phi) is 9.02. The van der Waals surface area contributed by atoms with Crippen LogP contribution in [0.1, 0.15) is 24.0 Å². The SMILES string of the molecule is Cl.O=C(O)[C@@H]1CCCN(CCO/N=C(/c2cccc(F)c2)c2ccc(F)cc2Cl)C1. The van der Waals surface area contributed by atoms with Gasteiger partial charge in [0.1, 0.15) is 24.0 Å². The fraction of sp³-hybridized carbons (Fsp3) is 0.333. The van der Waals surface area contributed by atoms with Crippen molar-refractivity contribution >= 4 is 35.7 Å². The predicted octanol–water partition coefficient (Wildman–Crippen LogP) is 4.61. The van der Waals surface area contributed by atoms with Crippen LogP contribution in [-0.4, -0.2) is 47.9 Å². The van der Waals surface area contributed by atoms with Gasteiger partial charge in [-0.2, -0.15) is 0 Å². The summed E-state index contributed by atoms with van der Waals surface area (Å²) >= 11 is 6.16. The van der Waals surface area contributed by atoms with Crippen LogP contribution < -0.4 is 0 Å². The second-order valence-corrected chi connectivity index (χ2v) is 7.29. The first-order valence-electron chi connectivity index (χ1n) is 9.30. The van der Waals surface area contributed by atoms with E-state index >= 15 is 0 Å². The molecule has 30 heavy (non-hydrogen) atoms. The number of carbonyl (C=O) groups is 1. The van der Waals surface area contributed by atoms with Gasteiger partial charge < -0.3 is 9.94 Å². The van der Waals surface area contributed by atoms with Gasteiger partial charge in [0.2, 0.25) is 0 Å². The Morgan fingerprint density at radius 3 is 2.70 bits per heavy atom. The third kappa shape index (κ3) is 6.39. The highest BCUT2D eigenvalue weighted by Crippen LogP contribution is 2.22. The van der Waals surface area contributed by atoms with Crippen LogP contribution in [0.25, 0.3) is 0 Å². The summed E-state index contributed by atoms with van der Waals surface area (Å²) in [5, 5.41) is 13.4. The molecular formula is C21H22Cl2F2N2O3. The molecule has 1 aliphatic rings. The highest BCUT2D eigenvalue weighted by atomic mass is 35.5. The molecule has 1 heterocycles. The average Bonchev–Trinajstić information content (AvgIpc) is 2.69. The largest absolute Gasteiger partial charge is 0.481 e. The zero-order chi connectivity index (χ0) is 20.8. The Hall–Kier alpha value is -2.22. The first kappa shape index (κ1) is 24.1. The zero-order valence-electron chi connectivity index (χ0n) is 16.1. The van der Waals surface area contributed by atoms with Gasteiger partial charge in [0, 0.05) is 24.2 Å². The van der Waals surface area contributed by atoms with E-state index in [1.807, 2.05) is 4.90 Å². The van der Waals surface area contributed by atoms with Gasteiger partial charge >= 0.3 is 5.97 Å². The molecule has 1 atom stereocenters. The number of carboxylic acids is 1. The number of nitrogens with zero attached hydrogens (tertiary/aromatic N) is 2. The number of carboxylic acid groups (broad SMARTS) is 1. The molecule has 3 rings (SSSR count). The smallest absolute Gasteiger partial charge is 0.307 e. The van der Waals surface area contributed by atoms with Crippen molar-refractivity contribution in [1.29, 1.82) is 0 Å². The summed E-state index contributed by atoms with van der Waals surface area (Å²) < 4.78 is 27.1. The lowest BCUT2D eigenvalue weighted by Crippen LogP contribution is -2.40. The topological polar surface area (TPSA) is 62.1 Å². The van der Waals surface area contributed by atoms with Crippen LogP contribution in [0.2, 0.25) is 5.02 Å². The predicted molar refractivity (Wildman–Crippen MR) is 113 cm³/mol. The molecule has 0 amide bonds. The molecule has 0 spiro atoms. The summed E-state index contributed by atoms with van der Waals surface area (Å²) in [6.45, 7) is 2.02. The van der Waals surface area contributed by atoms with Crippen LogP contribution in [0.15, 0.2) is 47.6 Å². The van der Waals surface area contributed by atoms with Gasteiger partial charge in [0.15, 0.2) is 0 Å². The number of aliphatic carboxylic acids is 1. The minimum absolute atomic E-state index is 0. The molecule has 0 radical (unpaired) electrons. The minimum atomic E-state index is -0.784. The van der Waals surface area contributed by atoms with Crippen LogP contribution in [0.3, 0.4) is 0 Å². The third-order valence-corrected chi connectivity index (χ3v) is 5.11. The molecule has 1 fully saturated rings. The quantitative estimate of drug-likeness (QED) is 0.374. The molecule has 9 heteroatoms. The molecule has 1 N–H and O–H groups in total. The Morgan fingerprint density at radius 2 is 2.00 bits per heavy atom. The average molecular weight is 459 g/mol.